The minimum absolute atomic E-state index is 0.0615. The molecule has 1 spiro atoms. The van der Waals surface area contributed by atoms with Crippen molar-refractivity contribution in [1.82, 2.24) is 10.7 Å². The van der Waals surface area contributed by atoms with E-state index in [1.54, 1.807) is 51.1 Å². The highest BCUT2D eigenvalue weighted by atomic mass is 35.5. The molecule has 12 heteroatoms. The van der Waals surface area contributed by atoms with Crippen LogP contribution in [0.5, 0.6) is 5.75 Å². The maximum atomic E-state index is 16.1. The Balaban J connectivity index is 1.78. The Morgan fingerprint density at radius 1 is 1.21 bits per heavy atom. The van der Waals surface area contributed by atoms with Gasteiger partial charge in [0.2, 0.25) is 5.91 Å². The zero-order valence-electron chi connectivity index (χ0n) is 23.1. The molecule has 4 atom stereocenters. The molecular weight excluding hydrogens is 589 g/mol. The second kappa shape index (κ2) is 11.9. The third kappa shape index (κ3) is 5.33. The number of carbonyl (C=O) groups is 2. The van der Waals surface area contributed by atoms with E-state index in [-0.39, 0.29) is 36.1 Å². The lowest BCUT2D eigenvalue weighted by Gasteiger charge is -2.50. The van der Waals surface area contributed by atoms with E-state index in [4.69, 9.17) is 32.7 Å². The topological polar surface area (TPSA) is 101 Å². The summed E-state index contributed by atoms with van der Waals surface area (Å²) in [6.07, 6.45) is 4.87. The number of ether oxygens (including phenoxy) is 2. The van der Waals surface area contributed by atoms with E-state index < -0.39 is 47.1 Å². The molecule has 1 fully saturated rings. The Morgan fingerprint density at radius 2 is 2.00 bits per heavy atom. The van der Waals surface area contributed by atoms with Crippen molar-refractivity contribution in [1.29, 1.82) is 0 Å². The van der Waals surface area contributed by atoms with Crippen LogP contribution in [0.1, 0.15) is 50.8 Å². The third-order valence-electron chi connectivity index (χ3n) is 7.70. The molecule has 2 aromatic rings. The Hall–Kier alpha value is -3.63. The van der Waals surface area contributed by atoms with Crippen molar-refractivity contribution in [2.75, 3.05) is 11.9 Å². The molecule has 1 saturated heterocycles. The van der Waals surface area contributed by atoms with Crippen molar-refractivity contribution < 1.29 is 27.8 Å². The lowest BCUT2D eigenvalue weighted by Crippen LogP contribution is -2.60. The van der Waals surface area contributed by atoms with Gasteiger partial charge in [-0.15, -0.1) is 0 Å². The van der Waals surface area contributed by atoms with Crippen molar-refractivity contribution in [3.63, 3.8) is 0 Å². The normalized spacial score (nSPS) is 25.6. The first kappa shape index (κ1) is 29.8. The number of amides is 2. The lowest BCUT2D eigenvalue weighted by atomic mass is 9.56. The van der Waals surface area contributed by atoms with Gasteiger partial charge in [0.15, 0.2) is 11.6 Å². The van der Waals surface area contributed by atoms with E-state index in [1.807, 2.05) is 6.08 Å². The summed E-state index contributed by atoms with van der Waals surface area (Å²) < 4.78 is 42.0. The largest absolute Gasteiger partial charge is 0.491 e. The number of nitrogens with one attached hydrogen (secondary N) is 3. The van der Waals surface area contributed by atoms with Crippen molar-refractivity contribution in [2.45, 2.75) is 51.2 Å². The number of allylic oxidation sites excluding steroid dienone is 4. The van der Waals surface area contributed by atoms with Crippen LogP contribution < -0.4 is 20.8 Å². The maximum absolute atomic E-state index is 16.1. The molecule has 42 heavy (non-hydrogen) atoms. The van der Waals surface area contributed by atoms with Crippen LogP contribution in [-0.2, 0) is 14.9 Å². The number of amidine groups is 1. The quantitative estimate of drug-likeness (QED) is 0.313. The van der Waals surface area contributed by atoms with Gasteiger partial charge < -0.3 is 20.1 Å². The molecule has 2 aromatic carbocycles. The van der Waals surface area contributed by atoms with Gasteiger partial charge in [0.1, 0.15) is 17.0 Å². The summed E-state index contributed by atoms with van der Waals surface area (Å²) in [4.78, 5) is 26.5. The van der Waals surface area contributed by atoms with Gasteiger partial charge in [0, 0.05) is 22.2 Å². The Kier molecular flexibility index (Phi) is 8.48. The smallest absolute Gasteiger partial charge is 0.427 e. The third-order valence-corrected chi connectivity index (χ3v) is 8.22. The van der Waals surface area contributed by atoms with E-state index in [0.717, 1.165) is 6.07 Å². The van der Waals surface area contributed by atoms with E-state index >= 15 is 4.39 Å². The summed E-state index contributed by atoms with van der Waals surface area (Å²) in [6.45, 7) is 5.29. The van der Waals surface area contributed by atoms with Gasteiger partial charge >= 0.3 is 6.09 Å². The second-order valence-electron chi connectivity index (χ2n) is 10.6. The Morgan fingerprint density at radius 3 is 2.71 bits per heavy atom. The molecular formula is C30H30Cl2F2N4O4. The Labute approximate surface area is 252 Å². The van der Waals surface area contributed by atoms with Gasteiger partial charge in [-0.3, -0.25) is 4.79 Å². The average molecular weight is 619 g/mol. The number of hydrazone groups is 1. The predicted molar refractivity (Wildman–Crippen MR) is 157 cm³/mol. The summed E-state index contributed by atoms with van der Waals surface area (Å²) in [7, 11) is 0. The SMILES string of the molecule is CCOC(=O)N/N=C1/C[C@@H](C2C=CC=C(Cl)C2)[C@]2(C(=O)Nc3cc(Cl)ccc32)[C@@H](c2c(OC(C)C)ccc(F)c2F)N1. The summed E-state index contributed by atoms with van der Waals surface area (Å²) in [5, 5.41) is 11.3. The van der Waals surface area contributed by atoms with Crippen LogP contribution in [0.15, 0.2) is 58.7 Å². The molecule has 3 aliphatic rings. The number of anilines is 1. The van der Waals surface area contributed by atoms with Crippen molar-refractivity contribution in [2.24, 2.45) is 16.9 Å². The van der Waals surface area contributed by atoms with E-state index in [2.05, 4.69) is 21.2 Å². The van der Waals surface area contributed by atoms with Gasteiger partial charge in [-0.2, -0.15) is 5.10 Å². The van der Waals surface area contributed by atoms with Gasteiger partial charge in [0.25, 0.3) is 0 Å². The molecule has 2 aliphatic heterocycles. The fourth-order valence-electron chi connectivity index (χ4n) is 6.16. The minimum Gasteiger partial charge on any atom is -0.491 e. The molecule has 1 aliphatic carbocycles. The monoisotopic (exact) mass is 618 g/mol. The number of halogens is 4. The molecule has 222 valence electrons. The molecule has 0 bridgehead atoms. The number of benzene rings is 2. The number of hydrogen-bond donors (Lipinski definition) is 3. The highest BCUT2D eigenvalue weighted by molar-refractivity contribution is 6.31. The summed E-state index contributed by atoms with van der Waals surface area (Å²) in [5.74, 6) is -3.33. The fourth-order valence-corrected chi connectivity index (χ4v) is 6.59. The molecule has 2 heterocycles. The zero-order chi connectivity index (χ0) is 30.2. The van der Waals surface area contributed by atoms with Crippen LogP contribution in [0, 0.1) is 23.5 Å². The zero-order valence-corrected chi connectivity index (χ0v) is 24.7. The molecule has 0 radical (unpaired) electrons. The number of carbonyl (C=O) groups excluding carboxylic acids is 2. The van der Waals surface area contributed by atoms with Crippen LogP contribution in [-0.4, -0.2) is 30.5 Å². The Bertz CT molecular complexity index is 1510. The van der Waals surface area contributed by atoms with Crippen LogP contribution in [0.4, 0.5) is 19.3 Å². The van der Waals surface area contributed by atoms with Crippen molar-refractivity contribution >= 4 is 46.7 Å². The van der Waals surface area contributed by atoms with Crippen LogP contribution in [0.25, 0.3) is 0 Å². The highest BCUT2D eigenvalue weighted by Gasteiger charge is 2.63. The minimum atomic E-state index is -1.50. The second-order valence-corrected chi connectivity index (χ2v) is 11.5. The van der Waals surface area contributed by atoms with Gasteiger partial charge in [-0.1, -0.05) is 41.4 Å². The molecule has 3 N–H and O–H groups in total. The van der Waals surface area contributed by atoms with Gasteiger partial charge in [0.05, 0.1) is 24.3 Å². The molecule has 2 amide bonds. The van der Waals surface area contributed by atoms with Crippen LogP contribution in [0.2, 0.25) is 5.02 Å². The summed E-state index contributed by atoms with van der Waals surface area (Å²) >= 11 is 12.8. The number of piperidine rings is 1. The van der Waals surface area contributed by atoms with E-state index in [1.165, 1.54) is 6.07 Å². The summed E-state index contributed by atoms with van der Waals surface area (Å²) in [6, 6.07) is 6.10. The molecule has 1 unspecified atom stereocenters. The first-order chi connectivity index (χ1) is 20.1. The molecule has 0 saturated carbocycles. The van der Waals surface area contributed by atoms with Gasteiger partial charge in [-0.25, -0.2) is 19.0 Å². The van der Waals surface area contributed by atoms with E-state index in [0.29, 0.717) is 27.7 Å². The highest BCUT2D eigenvalue weighted by Crippen LogP contribution is 2.58. The first-order valence-corrected chi connectivity index (χ1v) is 14.4. The first-order valence-electron chi connectivity index (χ1n) is 13.6. The van der Waals surface area contributed by atoms with Crippen molar-refractivity contribution in [3.8, 4) is 5.75 Å². The van der Waals surface area contributed by atoms with Crippen LogP contribution in [0.3, 0.4) is 0 Å². The lowest BCUT2D eigenvalue weighted by molar-refractivity contribution is -0.125. The predicted octanol–water partition coefficient (Wildman–Crippen LogP) is 6.70. The van der Waals surface area contributed by atoms with E-state index in [9.17, 15) is 14.0 Å². The average Bonchev–Trinajstić information content (AvgIpc) is 3.21. The fraction of sp³-hybridized carbons (Fsp3) is 0.367. The maximum Gasteiger partial charge on any atom is 0.427 e. The van der Waals surface area contributed by atoms with Crippen LogP contribution >= 0.6 is 23.2 Å². The molecule has 0 aromatic heterocycles. The van der Waals surface area contributed by atoms with Gasteiger partial charge in [-0.05, 0) is 74.9 Å². The summed E-state index contributed by atoms with van der Waals surface area (Å²) in [5.41, 5.74) is 1.66. The number of nitrogens with zero attached hydrogens (tertiary/aromatic N) is 1. The standard InChI is InChI=1S/C30H30Cl2F2N4O4/c1-4-41-29(40)38-37-24-14-20(16-6-5-7-17(31)12-16)30(19-9-8-18(32)13-22(19)35-28(30)39)27(36-24)25-23(42-15(2)3)11-10-21(33)26(25)34/h5-11,13,15-16,20,27H,4,12,14H2,1-3H3,(H,35,39)(H,36,37)(H,38,40)/t16?,20-,27+,30-/m0/s1. The number of rotatable bonds is 6. The number of hydrogen-bond acceptors (Lipinski definition) is 5. The molecule has 5 rings (SSSR count). The van der Waals surface area contributed by atoms with Crippen molar-refractivity contribution in [3.05, 3.63) is 81.4 Å². The molecule has 8 nitrogen and oxygen atoms in total. The number of fused-ring (bicyclic) bond motifs is 2.